The molecule has 0 saturated carbocycles. The zero-order valence-electron chi connectivity index (χ0n) is 22.7. The van der Waals surface area contributed by atoms with E-state index < -0.39 is 0 Å². The highest BCUT2D eigenvalue weighted by Gasteiger charge is 2.40. The normalized spacial score (nSPS) is 13.0. The van der Waals surface area contributed by atoms with Crippen molar-refractivity contribution >= 4 is 108 Å². The molecular formula is C39H18BNS2. The molecule has 7 aromatic carbocycles. The minimum absolute atomic E-state index is 0.0821. The molecule has 0 saturated heterocycles. The van der Waals surface area contributed by atoms with Gasteiger partial charge in [0, 0.05) is 40.3 Å². The van der Waals surface area contributed by atoms with Crippen LogP contribution in [0.5, 0.6) is 0 Å². The summed E-state index contributed by atoms with van der Waals surface area (Å²) in [6, 6.07) is 43.0. The van der Waals surface area contributed by atoms with E-state index in [2.05, 4.69) is 115 Å². The van der Waals surface area contributed by atoms with Gasteiger partial charge in [0.1, 0.15) is 0 Å². The lowest BCUT2D eigenvalue weighted by Gasteiger charge is -2.34. The van der Waals surface area contributed by atoms with Crippen molar-refractivity contribution in [3.8, 4) is 28.3 Å². The smallest absolute Gasteiger partial charge is 0.192 e. The van der Waals surface area contributed by atoms with E-state index in [1.54, 1.807) is 0 Å². The quantitative estimate of drug-likeness (QED) is 0.166. The zero-order valence-corrected chi connectivity index (χ0v) is 24.4. The van der Waals surface area contributed by atoms with Crippen LogP contribution in [0.1, 0.15) is 5.56 Å². The summed E-state index contributed by atoms with van der Waals surface area (Å²) in [5, 5.41) is 20.9. The van der Waals surface area contributed by atoms with Gasteiger partial charge in [-0.2, -0.15) is 5.26 Å². The van der Waals surface area contributed by atoms with Crippen molar-refractivity contribution in [2.45, 2.75) is 0 Å². The predicted octanol–water partition coefficient (Wildman–Crippen LogP) is 9.08. The van der Waals surface area contributed by atoms with E-state index in [0.717, 1.165) is 5.56 Å². The maximum atomic E-state index is 10.2. The predicted molar refractivity (Wildman–Crippen MR) is 187 cm³/mol. The summed E-state index contributed by atoms with van der Waals surface area (Å²) in [5.74, 6) is 0. The van der Waals surface area contributed by atoms with E-state index in [1.807, 2.05) is 22.7 Å². The second-order valence-corrected chi connectivity index (χ2v) is 14.0. The Balaban J connectivity index is 1.41. The summed E-state index contributed by atoms with van der Waals surface area (Å²) in [4.78, 5) is 0. The lowest BCUT2D eigenvalue weighted by atomic mass is 9.31. The first-order valence-corrected chi connectivity index (χ1v) is 16.2. The molecule has 0 N–H and O–H groups in total. The Hall–Kier alpha value is -4.95. The highest BCUT2D eigenvalue weighted by atomic mass is 32.1. The second kappa shape index (κ2) is 7.71. The van der Waals surface area contributed by atoms with Gasteiger partial charge >= 0.3 is 0 Å². The molecule has 0 amide bonds. The molecule has 0 bridgehead atoms. The maximum Gasteiger partial charge on any atom is 0.244 e. The molecule has 2 aromatic heterocycles. The summed E-state index contributed by atoms with van der Waals surface area (Å²) >= 11 is 3.79. The molecule has 9 aromatic rings. The van der Waals surface area contributed by atoms with Crippen molar-refractivity contribution in [2.75, 3.05) is 0 Å². The molecule has 11 rings (SSSR count). The first kappa shape index (κ1) is 22.6. The van der Waals surface area contributed by atoms with Gasteiger partial charge in [0.2, 0.25) is 6.71 Å². The molecular weight excluding hydrogens is 557 g/mol. The molecule has 4 heteroatoms. The molecule has 4 heterocycles. The van der Waals surface area contributed by atoms with E-state index in [0.29, 0.717) is 0 Å². The van der Waals surface area contributed by atoms with E-state index in [9.17, 15) is 5.26 Å². The van der Waals surface area contributed by atoms with Crippen molar-refractivity contribution < 1.29 is 0 Å². The molecule has 1 nitrogen and oxygen atoms in total. The standard InChI is InChI=1S/C39H18BNS2/c41-19-20-15-27-23-9-5-11-25-35(23)31(17-29-21-7-1-3-13-33(21)42-38(25)29)40-32-18-30-22-8-2-4-14-34(22)43-39(30)26-12-6-10-24(36(26)32)28(16-20)37(27)40/h1-18H. The molecule has 43 heavy (non-hydrogen) atoms. The van der Waals surface area contributed by atoms with Crippen LogP contribution in [0.25, 0.3) is 84.1 Å². The molecule has 194 valence electrons. The maximum absolute atomic E-state index is 10.2. The highest BCUT2D eigenvalue weighted by molar-refractivity contribution is 7.27. The SMILES string of the molecule is N#Cc1cc2c3c(c1)-c1cccc4c1c(cc1c5ccccc5sc41)B3c1cc3c4ccccc4sc3c3cccc-2c13. The van der Waals surface area contributed by atoms with Crippen LogP contribution in [0.3, 0.4) is 0 Å². The van der Waals surface area contributed by atoms with Gasteiger partial charge in [-0.1, -0.05) is 101 Å². The van der Waals surface area contributed by atoms with Gasteiger partial charge in [0.05, 0.1) is 11.6 Å². The third kappa shape index (κ3) is 2.65. The lowest BCUT2D eigenvalue weighted by Crippen LogP contribution is -2.57. The Morgan fingerprint density at radius 3 is 1.49 bits per heavy atom. The molecule has 2 aliphatic heterocycles. The fraction of sp³-hybridized carbons (Fsp3) is 0. The number of thiophene rings is 2. The van der Waals surface area contributed by atoms with Gasteiger partial charge in [-0.15, -0.1) is 22.7 Å². The molecule has 0 radical (unpaired) electrons. The largest absolute Gasteiger partial charge is 0.244 e. The summed E-state index contributed by atoms with van der Waals surface area (Å²) in [6.07, 6.45) is 0. The van der Waals surface area contributed by atoms with Gasteiger partial charge in [0.15, 0.2) is 0 Å². The average Bonchev–Trinajstić information content (AvgIpc) is 3.63. The van der Waals surface area contributed by atoms with E-state index >= 15 is 0 Å². The first-order valence-electron chi connectivity index (χ1n) is 14.6. The molecule has 0 unspecified atom stereocenters. The van der Waals surface area contributed by atoms with Gasteiger partial charge in [-0.3, -0.25) is 0 Å². The summed E-state index contributed by atoms with van der Waals surface area (Å²) in [7, 11) is 0. The zero-order chi connectivity index (χ0) is 28.0. The van der Waals surface area contributed by atoms with Crippen LogP contribution in [0.15, 0.2) is 109 Å². The Kier molecular flexibility index (Phi) is 4.06. The number of nitriles is 1. The minimum atomic E-state index is 0.0821. The van der Waals surface area contributed by atoms with Gasteiger partial charge in [0.25, 0.3) is 0 Å². The van der Waals surface area contributed by atoms with Crippen LogP contribution in [0, 0.1) is 11.3 Å². The van der Waals surface area contributed by atoms with Crippen LogP contribution in [-0.2, 0) is 0 Å². The Morgan fingerprint density at radius 2 is 0.977 bits per heavy atom. The Labute approximate surface area is 254 Å². The summed E-state index contributed by atoms with van der Waals surface area (Å²) in [5.41, 5.74) is 9.73. The van der Waals surface area contributed by atoms with Crippen molar-refractivity contribution in [2.24, 2.45) is 0 Å². The van der Waals surface area contributed by atoms with Crippen LogP contribution in [0.2, 0.25) is 0 Å². The number of hydrogen-bond acceptors (Lipinski definition) is 3. The average molecular weight is 576 g/mol. The van der Waals surface area contributed by atoms with E-state index in [4.69, 9.17) is 0 Å². The molecule has 0 atom stereocenters. The molecule has 2 aliphatic rings. The summed E-state index contributed by atoms with van der Waals surface area (Å²) < 4.78 is 5.35. The third-order valence-corrected chi connectivity index (χ3v) is 12.3. The lowest BCUT2D eigenvalue weighted by molar-refractivity contribution is 1.49. The van der Waals surface area contributed by atoms with Crippen LogP contribution < -0.4 is 16.4 Å². The first-order chi connectivity index (χ1) is 21.3. The van der Waals surface area contributed by atoms with Crippen molar-refractivity contribution in [3.05, 3.63) is 115 Å². The number of nitrogens with zero attached hydrogens (tertiary/aromatic N) is 1. The number of fused-ring (bicyclic) bond motifs is 12. The highest BCUT2D eigenvalue weighted by Crippen LogP contribution is 2.46. The summed E-state index contributed by atoms with van der Waals surface area (Å²) in [6.45, 7) is 0.0821. The van der Waals surface area contributed by atoms with Crippen molar-refractivity contribution in [1.82, 2.24) is 0 Å². The molecule has 0 aliphatic carbocycles. The van der Waals surface area contributed by atoms with Crippen LogP contribution >= 0.6 is 22.7 Å². The van der Waals surface area contributed by atoms with Crippen LogP contribution in [-0.4, -0.2) is 6.71 Å². The Bertz CT molecular complexity index is 2630. The topological polar surface area (TPSA) is 23.8 Å². The number of benzene rings is 7. The van der Waals surface area contributed by atoms with Crippen LogP contribution in [0.4, 0.5) is 0 Å². The molecule has 0 fully saturated rings. The van der Waals surface area contributed by atoms with Crippen molar-refractivity contribution in [3.63, 3.8) is 0 Å². The van der Waals surface area contributed by atoms with Crippen molar-refractivity contribution in [1.29, 1.82) is 5.26 Å². The number of rotatable bonds is 0. The minimum Gasteiger partial charge on any atom is -0.192 e. The molecule has 0 spiro atoms. The Morgan fingerprint density at radius 1 is 0.488 bits per heavy atom. The second-order valence-electron chi connectivity index (χ2n) is 11.9. The number of hydrogen-bond donors (Lipinski definition) is 0. The van der Waals surface area contributed by atoms with Gasteiger partial charge in [-0.25, -0.2) is 0 Å². The fourth-order valence-electron chi connectivity index (χ4n) is 8.24. The van der Waals surface area contributed by atoms with Gasteiger partial charge < -0.3 is 0 Å². The third-order valence-electron chi connectivity index (χ3n) is 9.86. The monoisotopic (exact) mass is 575 g/mol. The fourth-order valence-corrected chi connectivity index (χ4v) is 10.7. The van der Waals surface area contributed by atoms with E-state index in [1.165, 1.54) is 101 Å². The van der Waals surface area contributed by atoms with Gasteiger partial charge in [-0.05, 0) is 68.1 Å². The van der Waals surface area contributed by atoms with E-state index in [-0.39, 0.29) is 6.71 Å².